The van der Waals surface area contributed by atoms with Gasteiger partial charge in [0, 0.05) is 20.1 Å². The maximum atomic E-state index is 13.4. The molecule has 0 saturated carbocycles. The zero-order valence-electron chi connectivity index (χ0n) is 18.1. The number of amides is 2. The number of carbonyl (C=O) groups is 2. The van der Waals surface area contributed by atoms with Gasteiger partial charge in [-0.15, -0.1) is 11.3 Å². The van der Waals surface area contributed by atoms with Crippen molar-refractivity contribution < 1.29 is 18.7 Å². The molecule has 4 rings (SSSR count). The smallest absolute Gasteiger partial charge is 0.290 e. The molecule has 1 aliphatic heterocycles. The van der Waals surface area contributed by atoms with E-state index in [0.717, 1.165) is 21.7 Å². The van der Waals surface area contributed by atoms with E-state index in [-0.39, 0.29) is 36.7 Å². The third-order valence-electron chi connectivity index (χ3n) is 5.34. The molecule has 0 radical (unpaired) electrons. The van der Waals surface area contributed by atoms with Gasteiger partial charge in [0.2, 0.25) is 0 Å². The van der Waals surface area contributed by atoms with E-state index in [2.05, 4.69) is 5.10 Å². The normalized spacial score (nSPS) is 15.6. The number of ether oxygens (including phenoxy) is 1. The Labute approximate surface area is 190 Å². The summed E-state index contributed by atoms with van der Waals surface area (Å²) >= 11 is 1.60. The van der Waals surface area contributed by atoms with Crippen molar-refractivity contribution in [3.63, 3.8) is 0 Å². The van der Waals surface area contributed by atoms with Crippen molar-refractivity contribution in [2.75, 3.05) is 26.8 Å². The van der Waals surface area contributed by atoms with Gasteiger partial charge >= 0.3 is 0 Å². The lowest BCUT2D eigenvalue weighted by atomic mass is 10.00. The Kier molecular flexibility index (Phi) is 6.82. The molecule has 2 aromatic heterocycles. The van der Waals surface area contributed by atoms with Crippen LogP contribution in [-0.2, 0) is 9.53 Å². The van der Waals surface area contributed by atoms with Crippen LogP contribution >= 0.6 is 11.3 Å². The maximum Gasteiger partial charge on any atom is 0.290 e. The van der Waals surface area contributed by atoms with E-state index in [9.17, 15) is 9.59 Å². The van der Waals surface area contributed by atoms with Crippen LogP contribution in [0.2, 0.25) is 0 Å². The molecule has 0 saturated heterocycles. The van der Waals surface area contributed by atoms with Crippen LogP contribution in [0.3, 0.4) is 0 Å². The number of rotatable bonds is 8. The molecule has 166 valence electrons. The highest BCUT2D eigenvalue weighted by atomic mass is 32.1. The van der Waals surface area contributed by atoms with Crippen LogP contribution in [0.1, 0.15) is 39.0 Å². The van der Waals surface area contributed by atoms with Gasteiger partial charge in [0.05, 0.1) is 29.5 Å². The number of benzene rings is 1. The standard InChI is InChI=1S/C24H25N3O4S/c1-17-7-9-18(10-8-17)20-15-19(22-6-4-14-32-22)25-27(20)23(28)16-26(11-13-30-2)24(29)21-5-3-12-31-21/h3-10,12,14,20H,11,13,15-16H2,1-2H3/t20-/m1/s1. The van der Waals surface area contributed by atoms with Gasteiger partial charge in [-0.3, -0.25) is 9.59 Å². The molecule has 8 heteroatoms. The minimum atomic E-state index is -0.353. The minimum absolute atomic E-state index is 0.119. The molecule has 0 N–H and O–H groups in total. The van der Waals surface area contributed by atoms with Crippen molar-refractivity contribution in [3.8, 4) is 0 Å². The van der Waals surface area contributed by atoms with Gasteiger partial charge in [-0.25, -0.2) is 5.01 Å². The van der Waals surface area contributed by atoms with E-state index in [4.69, 9.17) is 9.15 Å². The predicted molar refractivity (Wildman–Crippen MR) is 123 cm³/mol. The number of carbonyl (C=O) groups excluding carboxylic acids is 2. The van der Waals surface area contributed by atoms with Crippen molar-refractivity contribution >= 4 is 28.9 Å². The molecule has 0 bridgehead atoms. The first kappa shape index (κ1) is 22.0. The number of hydrogen-bond acceptors (Lipinski definition) is 6. The summed E-state index contributed by atoms with van der Waals surface area (Å²) in [7, 11) is 1.56. The molecule has 0 fully saturated rings. The summed E-state index contributed by atoms with van der Waals surface area (Å²) in [6.45, 7) is 2.49. The molecule has 2 amide bonds. The molecule has 1 aromatic carbocycles. The number of nitrogens with zero attached hydrogens (tertiary/aromatic N) is 3. The zero-order valence-corrected chi connectivity index (χ0v) is 18.9. The van der Waals surface area contributed by atoms with E-state index in [1.807, 2.05) is 48.7 Å². The molecule has 7 nitrogen and oxygen atoms in total. The third-order valence-corrected chi connectivity index (χ3v) is 6.26. The molecule has 0 aliphatic carbocycles. The van der Waals surface area contributed by atoms with E-state index in [1.54, 1.807) is 30.6 Å². The third kappa shape index (κ3) is 4.81. The van der Waals surface area contributed by atoms with E-state index in [0.29, 0.717) is 13.0 Å². The molecular weight excluding hydrogens is 426 g/mol. The summed E-state index contributed by atoms with van der Waals surface area (Å²) in [6, 6.07) is 15.1. The lowest BCUT2D eigenvalue weighted by Crippen LogP contribution is -2.42. The maximum absolute atomic E-state index is 13.4. The van der Waals surface area contributed by atoms with Crippen molar-refractivity contribution in [1.82, 2.24) is 9.91 Å². The SMILES string of the molecule is COCCN(CC(=O)N1N=C(c2cccs2)C[C@@H]1c1ccc(C)cc1)C(=O)c1ccco1. The van der Waals surface area contributed by atoms with E-state index < -0.39 is 0 Å². The topological polar surface area (TPSA) is 75.3 Å². The Balaban J connectivity index is 1.59. The second-order valence-corrected chi connectivity index (χ2v) is 8.54. The van der Waals surface area contributed by atoms with Crippen LogP contribution < -0.4 is 0 Å². The van der Waals surface area contributed by atoms with Gasteiger partial charge in [-0.2, -0.15) is 5.10 Å². The molecule has 0 spiro atoms. The second kappa shape index (κ2) is 9.93. The van der Waals surface area contributed by atoms with Gasteiger partial charge in [0.15, 0.2) is 5.76 Å². The highest BCUT2D eigenvalue weighted by molar-refractivity contribution is 7.12. The summed E-state index contributed by atoms with van der Waals surface area (Å²) in [5.41, 5.74) is 3.04. The van der Waals surface area contributed by atoms with Crippen LogP contribution in [0.25, 0.3) is 0 Å². The number of aryl methyl sites for hydroxylation is 1. The first-order chi connectivity index (χ1) is 15.6. The highest BCUT2D eigenvalue weighted by Crippen LogP contribution is 2.34. The fourth-order valence-electron chi connectivity index (χ4n) is 3.63. The molecule has 3 aromatic rings. The summed E-state index contributed by atoms with van der Waals surface area (Å²) < 4.78 is 10.4. The summed E-state index contributed by atoms with van der Waals surface area (Å²) in [5, 5.41) is 8.20. The minimum Gasteiger partial charge on any atom is -0.459 e. The summed E-state index contributed by atoms with van der Waals surface area (Å²) in [6.07, 6.45) is 2.06. The van der Waals surface area contributed by atoms with Gasteiger partial charge < -0.3 is 14.1 Å². The lowest BCUT2D eigenvalue weighted by Gasteiger charge is -2.26. The molecule has 0 unspecified atom stereocenters. The fraction of sp³-hybridized carbons (Fsp3) is 0.292. The van der Waals surface area contributed by atoms with Crippen molar-refractivity contribution in [2.45, 2.75) is 19.4 Å². The lowest BCUT2D eigenvalue weighted by molar-refractivity contribution is -0.133. The van der Waals surface area contributed by atoms with Crippen LogP contribution in [0.15, 0.2) is 69.7 Å². The van der Waals surface area contributed by atoms with Gasteiger partial charge in [0.25, 0.3) is 11.8 Å². The Hall–Kier alpha value is -3.23. The van der Waals surface area contributed by atoms with Gasteiger partial charge in [-0.1, -0.05) is 35.9 Å². The molecule has 3 heterocycles. The van der Waals surface area contributed by atoms with E-state index in [1.165, 1.54) is 16.2 Å². The van der Waals surface area contributed by atoms with Crippen LogP contribution in [0.5, 0.6) is 0 Å². The largest absolute Gasteiger partial charge is 0.459 e. The average molecular weight is 452 g/mol. The van der Waals surface area contributed by atoms with Crippen LogP contribution in [-0.4, -0.2) is 54.2 Å². The fourth-order valence-corrected chi connectivity index (χ4v) is 4.35. The Morgan fingerprint density at radius 1 is 1.22 bits per heavy atom. The monoisotopic (exact) mass is 451 g/mol. The Bertz CT molecular complexity index is 1080. The summed E-state index contributed by atoms with van der Waals surface area (Å²) in [5.74, 6) is -0.416. The number of methoxy groups -OCH3 is 1. The Morgan fingerprint density at radius 2 is 2.03 bits per heavy atom. The zero-order chi connectivity index (χ0) is 22.5. The predicted octanol–water partition coefficient (Wildman–Crippen LogP) is 4.12. The molecule has 32 heavy (non-hydrogen) atoms. The average Bonchev–Trinajstić information content (AvgIpc) is 3.57. The first-order valence-electron chi connectivity index (χ1n) is 10.4. The second-order valence-electron chi connectivity index (χ2n) is 7.59. The van der Waals surface area contributed by atoms with Crippen molar-refractivity contribution in [1.29, 1.82) is 0 Å². The number of furan rings is 1. The molecular formula is C24H25N3O4S. The number of thiophene rings is 1. The van der Waals surface area contributed by atoms with Crippen LogP contribution in [0.4, 0.5) is 0 Å². The van der Waals surface area contributed by atoms with Gasteiger partial charge in [-0.05, 0) is 36.1 Å². The quantitative estimate of drug-likeness (QED) is 0.516. The summed E-state index contributed by atoms with van der Waals surface area (Å²) in [4.78, 5) is 28.8. The first-order valence-corrected chi connectivity index (χ1v) is 11.3. The van der Waals surface area contributed by atoms with Crippen molar-refractivity contribution in [3.05, 3.63) is 81.9 Å². The molecule has 1 aliphatic rings. The molecule has 1 atom stereocenters. The van der Waals surface area contributed by atoms with Crippen LogP contribution in [0, 0.1) is 6.92 Å². The van der Waals surface area contributed by atoms with Gasteiger partial charge in [0.1, 0.15) is 6.54 Å². The van der Waals surface area contributed by atoms with Crippen molar-refractivity contribution in [2.24, 2.45) is 5.10 Å². The number of hydrogen-bond donors (Lipinski definition) is 0. The highest BCUT2D eigenvalue weighted by Gasteiger charge is 2.35. The number of hydrazone groups is 1. The van der Waals surface area contributed by atoms with E-state index >= 15 is 0 Å². The Morgan fingerprint density at radius 3 is 2.69 bits per heavy atom.